The van der Waals surface area contributed by atoms with Crippen LogP contribution in [-0.2, 0) is 0 Å². The van der Waals surface area contributed by atoms with E-state index in [1.165, 1.54) is 12.8 Å². The van der Waals surface area contributed by atoms with Crippen LogP contribution in [0, 0.1) is 29.2 Å². The van der Waals surface area contributed by atoms with Gasteiger partial charge in [0.2, 0.25) is 0 Å². The van der Waals surface area contributed by atoms with Crippen LogP contribution in [-0.4, -0.2) is 19.3 Å². The molecular weight excluding hydrogens is 272 g/mol. The van der Waals surface area contributed by atoms with Gasteiger partial charge in [0.15, 0.2) is 0 Å². The molecule has 1 aliphatic rings. The molecule has 1 fully saturated rings. The molecular formula is C19H32OSi. The van der Waals surface area contributed by atoms with Gasteiger partial charge in [-0.25, -0.2) is 0 Å². The Morgan fingerprint density at radius 1 is 0.857 bits per heavy atom. The predicted molar refractivity (Wildman–Crippen MR) is 94.6 cm³/mol. The van der Waals surface area contributed by atoms with Crippen molar-refractivity contribution in [3.63, 3.8) is 0 Å². The molecule has 1 rings (SSSR count). The third-order valence-electron chi connectivity index (χ3n) is 5.27. The maximum atomic E-state index is 10.1. The van der Waals surface area contributed by atoms with E-state index < -0.39 is 14.2 Å². The first-order valence-corrected chi connectivity index (χ1v) is 10.8. The lowest BCUT2D eigenvalue weighted by molar-refractivity contribution is 0.165. The smallest absolute Gasteiger partial charge is 0.147 e. The average Bonchev–Trinajstić information content (AvgIpc) is 2.90. The van der Waals surface area contributed by atoms with Crippen LogP contribution in [0.15, 0.2) is 0 Å². The molecule has 0 unspecified atom stereocenters. The van der Waals surface area contributed by atoms with E-state index in [0.29, 0.717) is 22.5 Å². The molecule has 0 aromatic rings. The SMILES string of the molecule is CC(C)[Si](C#CC#C[C@@H](O)C1CCCC1)(C(C)C)C(C)C. The molecule has 0 aliphatic heterocycles. The van der Waals surface area contributed by atoms with Crippen molar-refractivity contribution in [2.24, 2.45) is 5.92 Å². The Morgan fingerprint density at radius 2 is 1.33 bits per heavy atom. The second-order valence-electron chi connectivity index (χ2n) is 7.41. The molecule has 1 aliphatic carbocycles. The van der Waals surface area contributed by atoms with Crippen LogP contribution in [0.25, 0.3) is 0 Å². The number of hydrogen-bond acceptors (Lipinski definition) is 1. The minimum atomic E-state index is -1.68. The van der Waals surface area contributed by atoms with Crippen molar-refractivity contribution < 1.29 is 5.11 Å². The molecule has 21 heavy (non-hydrogen) atoms. The fourth-order valence-electron chi connectivity index (χ4n) is 4.07. The highest BCUT2D eigenvalue weighted by Crippen LogP contribution is 2.40. The van der Waals surface area contributed by atoms with Crippen molar-refractivity contribution in [1.29, 1.82) is 0 Å². The quantitative estimate of drug-likeness (QED) is 0.586. The summed E-state index contributed by atoms with van der Waals surface area (Å²) >= 11 is 0. The summed E-state index contributed by atoms with van der Waals surface area (Å²) in [5, 5.41) is 10.1. The molecule has 0 saturated heterocycles. The van der Waals surface area contributed by atoms with Gasteiger partial charge in [0.1, 0.15) is 14.2 Å². The fourth-order valence-corrected chi connectivity index (χ4v) is 9.22. The molecule has 0 spiro atoms. The molecule has 0 aromatic carbocycles. The van der Waals surface area contributed by atoms with Gasteiger partial charge in [-0.05, 0) is 47.2 Å². The second-order valence-corrected chi connectivity index (χ2v) is 13.0. The van der Waals surface area contributed by atoms with Crippen molar-refractivity contribution in [1.82, 2.24) is 0 Å². The van der Waals surface area contributed by atoms with E-state index in [2.05, 4.69) is 64.8 Å². The summed E-state index contributed by atoms with van der Waals surface area (Å²) in [6, 6.07) is 0. The molecule has 0 heterocycles. The van der Waals surface area contributed by atoms with Crippen molar-refractivity contribution in [2.45, 2.75) is 90.0 Å². The van der Waals surface area contributed by atoms with E-state index >= 15 is 0 Å². The van der Waals surface area contributed by atoms with Gasteiger partial charge in [-0.15, -0.1) is 5.54 Å². The van der Waals surface area contributed by atoms with Crippen molar-refractivity contribution in [3.8, 4) is 23.3 Å². The number of rotatable bonds is 4. The Kier molecular flexibility index (Phi) is 7.05. The van der Waals surface area contributed by atoms with Gasteiger partial charge in [-0.2, -0.15) is 0 Å². The monoisotopic (exact) mass is 304 g/mol. The van der Waals surface area contributed by atoms with Gasteiger partial charge in [0, 0.05) is 0 Å². The zero-order valence-electron chi connectivity index (χ0n) is 14.7. The zero-order valence-corrected chi connectivity index (χ0v) is 15.7. The Labute approximate surface area is 132 Å². The van der Waals surface area contributed by atoms with Crippen molar-refractivity contribution in [3.05, 3.63) is 0 Å². The molecule has 1 nitrogen and oxygen atoms in total. The summed E-state index contributed by atoms with van der Waals surface area (Å²) < 4.78 is 0. The molecule has 1 saturated carbocycles. The Balaban J connectivity index is 2.86. The van der Waals surface area contributed by atoms with Gasteiger partial charge in [-0.3, -0.25) is 0 Å². The van der Waals surface area contributed by atoms with Crippen LogP contribution in [0.5, 0.6) is 0 Å². The normalized spacial score (nSPS) is 17.6. The predicted octanol–water partition coefficient (Wildman–Crippen LogP) is 4.76. The standard InChI is InChI=1S/C19H32OSi/c1-15(2)21(16(3)4,17(5)6)14-10-9-13-19(20)18-11-7-8-12-18/h15-20H,7-8,11-12H2,1-6H3/t19-/m1/s1. The highest BCUT2D eigenvalue weighted by molar-refractivity contribution is 6.90. The van der Waals surface area contributed by atoms with Crippen LogP contribution in [0.3, 0.4) is 0 Å². The molecule has 0 amide bonds. The van der Waals surface area contributed by atoms with E-state index in [1.807, 2.05) is 0 Å². The van der Waals surface area contributed by atoms with Gasteiger partial charge in [0.05, 0.1) is 0 Å². The van der Waals surface area contributed by atoms with Gasteiger partial charge in [0.25, 0.3) is 0 Å². The van der Waals surface area contributed by atoms with E-state index in [-0.39, 0.29) is 0 Å². The summed E-state index contributed by atoms with van der Waals surface area (Å²) in [5.41, 5.74) is 5.47. The third-order valence-corrected chi connectivity index (χ3v) is 11.6. The maximum Gasteiger partial charge on any atom is 0.147 e. The van der Waals surface area contributed by atoms with Crippen LogP contribution in [0.2, 0.25) is 16.6 Å². The third kappa shape index (κ3) is 4.38. The lowest BCUT2D eigenvalue weighted by atomic mass is 10.0. The molecule has 1 N–H and O–H groups in total. The summed E-state index contributed by atoms with van der Waals surface area (Å²) in [5.74, 6) is 9.42. The van der Waals surface area contributed by atoms with Gasteiger partial charge in [-0.1, -0.05) is 60.3 Å². The second kappa shape index (κ2) is 8.07. The number of aliphatic hydroxyl groups excluding tert-OH is 1. The Hall–Kier alpha value is -0.703. The summed E-state index contributed by atoms with van der Waals surface area (Å²) in [6.45, 7) is 13.8. The van der Waals surface area contributed by atoms with E-state index in [4.69, 9.17) is 0 Å². The fraction of sp³-hybridized carbons (Fsp3) is 0.789. The zero-order chi connectivity index (χ0) is 16.0. The molecule has 1 atom stereocenters. The maximum absolute atomic E-state index is 10.1. The molecule has 0 aromatic heterocycles. The van der Waals surface area contributed by atoms with E-state index in [0.717, 1.165) is 12.8 Å². The average molecular weight is 305 g/mol. The first-order chi connectivity index (χ1) is 9.82. The summed E-state index contributed by atoms with van der Waals surface area (Å²) in [6.07, 6.45) is 4.23. The van der Waals surface area contributed by atoms with E-state index in [9.17, 15) is 5.11 Å². The summed E-state index contributed by atoms with van der Waals surface area (Å²) in [4.78, 5) is 0. The van der Waals surface area contributed by atoms with E-state index in [1.54, 1.807) is 0 Å². The first-order valence-electron chi connectivity index (χ1n) is 8.53. The van der Waals surface area contributed by atoms with Gasteiger partial charge < -0.3 is 5.11 Å². The van der Waals surface area contributed by atoms with Crippen LogP contribution in [0.4, 0.5) is 0 Å². The highest BCUT2D eigenvalue weighted by atomic mass is 28.3. The number of aliphatic hydroxyl groups is 1. The lowest BCUT2D eigenvalue weighted by Crippen LogP contribution is -2.43. The minimum Gasteiger partial charge on any atom is -0.380 e. The van der Waals surface area contributed by atoms with Crippen LogP contribution in [0.1, 0.15) is 67.2 Å². The number of hydrogen-bond donors (Lipinski definition) is 1. The topological polar surface area (TPSA) is 20.2 Å². The Bertz CT molecular complexity index is 414. The molecule has 0 bridgehead atoms. The largest absolute Gasteiger partial charge is 0.380 e. The first kappa shape index (κ1) is 18.3. The molecule has 2 heteroatoms. The minimum absolute atomic E-state index is 0.376. The van der Waals surface area contributed by atoms with Crippen molar-refractivity contribution >= 4 is 8.07 Å². The molecule has 0 radical (unpaired) electrons. The Morgan fingerprint density at radius 3 is 1.76 bits per heavy atom. The van der Waals surface area contributed by atoms with Crippen molar-refractivity contribution in [2.75, 3.05) is 0 Å². The highest BCUT2D eigenvalue weighted by Gasteiger charge is 2.41. The molecule has 118 valence electrons. The lowest BCUT2D eigenvalue weighted by Gasteiger charge is -2.37. The summed E-state index contributed by atoms with van der Waals surface area (Å²) in [7, 11) is -1.68. The van der Waals surface area contributed by atoms with Gasteiger partial charge >= 0.3 is 0 Å². The van der Waals surface area contributed by atoms with Crippen LogP contribution < -0.4 is 0 Å². The van der Waals surface area contributed by atoms with Crippen LogP contribution >= 0.6 is 0 Å².